The van der Waals surface area contributed by atoms with E-state index >= 15 is 0 Å². The first-order chi connectivity index (χ1) is 10.8. The zero-order valence-electron chi connectivity index (χ0n) is 14.0. The van der Waals surface area contributed by atoms with Gasteiger partial charge in [0.1, 0.15) is 5.39 Å². The molecule has 3 rings (SSSR count). The van der Waals surface area contributed by atoms with E-state index in [0.717, 1.165) is 11.3 Å². The smallest absolute Gasteiger partial charge is 0.263 e. The van der Waals surface area contributed by atoms with Crippen molar-refractivity contribution >= 4 is 17.0 Å². The van der Waals surface area contributed by atoms with Crippen LogP contribution in [0.15, 0.2) is 17.2 Å². The summed E-state index contributed by atoms with van der Waals surface area (Å²) in [6.07, 6.45) is 3.50. The van der Waals surface area contributed by atoms with Crippen LogP contribution in [0.4, 0.5) is 5.95 Å². The topological polar surface area (TPSA) is 93.4 Å². The number of aryl methyl sites for hydroxylation is 2. The molecule has 0 aliphatic heterocycles. The van der Waals surface area contributed by atoms with Crippen molar-refractivity contribution in [1.29, 1.82) is 0 Å². The summed E-state index contributed by atoms with van der Waals surface area (Å²) in [6, 6.07) is 0. The Bertz CT molecular complexity index is 910. The molecule has 0 unspecified atom stereocenters. The zero-order chi connectivity index (χ0) is 16.8. The first-order valence-corrected chi connectivity index (χ1v) is 7.47. The molecule has 8 nitrogen and oxygen atoms in total. The minimum absolute atomic E-state index is 0.198. The molecule has 8 heteroatoms. The number of anilines is 1. The minimum Gasteiger partial charge on any atom is -0.351 e. The monoisotopic (exact) mass is 315 g/mol. The summed E-state index contributed by atoms with van der Waals surface area (Å²) in [4.78, 5) is 19.5. The highest BCUT2D eigenvalue weighted by Gasteiger charge is 2.19. The van der Waals surface area contributed by atoms with Crippen molar-refractivity contribution in [2.75, 3.05) is 5.32 Å². The summed E-state index contributed by atoms with van der Waals surface area (Å²) in [5.74, 6) is 0.428. The number of nitrogens with one attached hydrogen (secondary N) is 2. The van der Waals surface area contributed by atoms with Crippen LogP contribution in [0.1, 0.15) is 32.0 Å². The largest absolute Gasteiger partial charge is 0.351 e. The second-order valence-corrected chi connectivity index (χ2v) is 6.65. The Hall–Kier alpha value is -2.64. The summed E-state index contributed by atoms with van der Waals surface area (Å²) in [6.45, 7) is 8.56. The maximum atomic E-state index is 12.2. The molecule has 3 heterocycles. The molecule has 0 atom stereocenters. The van der Waals surface area contributed by atoms with Crippen molar-refractivity contribution in [3.05, 3.63) is 34.0 Å². The molecular weight excluding hydrogens is 294 g/mol. The number of hydrogen-bond acceptors (Lipinski definition) is 5. The Morgan fingerprint density at radius 3 is 2.70 bits per heavy atom. The van der Waals surface area contributed by atoms with E-state index in [9.17, 15) is 4.79 Å². The van der Waals surface area contributed by atoms with E-state index in [1.54, 1.807) is 15.6 Å². The Balaban J connectivity index is 1.95. The van der Waals surface area contributed by atoms with E-state index in [-0.39, 0.29) is 11.1 Å². The summed E-state index contributed by atoms with van der Waals surface area (Å²) in [5.41, 5.74) is 2.13. The zero-order valence-corrected chi connectivity index (χ0v) is 14.0. The molecule has 0 aliphatic carbocycles. The molecule has 23 heavy (non-hydrogen) atoms. The van der Waals surface area contributed by atoms with E-state index in [0.29, 0.717) is 23.5 Å². The predicted molar refractivity (Wildman–Crippen MR) is 88.4 cm³/mol. The minimum atomic E-state index is -0.250. The number of hydrogen-bond donors (Lipinski definition) is 2. The molecule has 3 aromatic heterocycles. The number of fused-ring (bicyclic) bond motifs is 1. The first kappa shape index (κ1) is 15.3. The fourth-order valence-electron chi connectivity index (χ4n) is 2.49. The fourth-order valence-corrected chi connectivity index (χ4v) is 2.49. The van der Waals surface area contributed by atoms with Gasteiger partial charge in [0.05, 0.1) is 17.4 Å². The van der Waals surface area contributed by atoms with Gasteiger partial charge < -0.3 is 5.32 Å². The van der Waals surface area contributed by atoms with Gasteiger partial charge in [0, 0.05) is 25.4 Å². The van der Waals surface area contributed by atoms with Crippen molar-refractivity contribution in [2.45, 2.75) is 39.8 Å². The number of nitrogens with zero attached hydrogens (tertiary/aromatic N) is 5. The summed E-state index contributed by atoms with van der Waals surface area (Å²) >= 11 is 0. The van der Waals surface area contributed by atoms with Gasteiger partial charge in [-0.15, -0.1) is 0 Å². The highest BCUT2D eigenvalue weighted by molar-refractivity contribution is 5.74. The van der Waals surface area contributed by atoms with E-state index in [1.165, 1.54) is 0 Å². The van der Waals surface area contributed by atoms with Crippen LogP contribution in [0.3, 0.4) is 0 Å². The maximum absolute atomic E-state index is 12.2. The van der Waals surface area contributed by atoms with E-state index in [1.807, 2.05) is 40.9 Å². The third kappa shape index (κ3) is 2.84. The van der Waals surface area contributed by atoms with Gasteiger partial charge in [-0.3, -0.25) is 14.5 Å². The molecule has 0 fully saturated rings. The highest BCUT2D eigenvalue weighted by atomic mass is 16.1. The number of aromatic amines is 1. The highest BCUT2D eigenvalue weighted by Crippen LogP contribution is 2.19. The molecule has 0 saturated carbocycles. The Labute approximate surface area is 133 Å². The first-order valence-electron chi connectivity index (χ1n) is 7.47. The fraction of sp³-hybridized carbons (Fsp3) is 0.467. The van der Waals surface area contributed by atoms with Gasteiger partial charge in [-0.1, -0.05) is 0 Å². The SMILES string of the molecule is Cc1nn(C)cc1CNc1nc2c(cnn2C(C)(C)C)c(=O)[nH]1. The van der Waals surface area contributed by atoms with Crippen molar-refractivity contribution in [3.8, 4) is 0 Å². The number of H-pyrrole nitrogens is 1. The van der Waals surface area contributed by atoms with Crippen LogP contribution in [0, 0.1) is 6.92 Å². The van der Waals surface area contributed by atoms with Crippen LogP contribution in [0.25, 0.3) is 11.0 Å². The number of aromatic nitrogens is 6. The molecule has 122 valence electrons. The van der Waals surface area contributed by atoms with E-state index < -0.39 is 0 Å². The van der Waals surface area contributed by atoms with Crippen molar-refractivity contribution in [3.63, 3.8) is 0 Å². The van der Waals surface area contributed by atoms with Gasteiger partial charge in [0.2, 0.25) is 5.95 Å². The van der Waals surface area contributed by atoms with Crippen LogP contribution in [0.2, 0.25) is 0 Å². The quantitative estimate of drug-likeness (QED) is 0.764. The lowest BCUT2D eigenvalue weighted by atomic mass is 10.1. The lowest BCUT2D eigenvalue weighted by molar-refractivity contribution is 0.366. The van der Waals surface area contributed by atoms with E-state index in [4.69, 9.17) is 0 Å². The number of rotatable bonds is 3. The van der Waals surface area contributed by atoms with E-state index in [2.05, 4.69) is 25.5 Å². The van der Waals surface area contributed by atoms with Crippen LogP contribution >= 0.6 is 0 Å². The van der Waals surface area contributed by atoms with Crippen LogP contribution in [-0.4, -0.2) is 29.5 Å². The molecule has 0 aromatic carbocycles. The lowest BCUT2D eigenvalue weighted by Gasteiger charge is -2.19. The van der Waals surface area contributed by atoms with Crippen LogP contribution < -0.4 is 10.9 Å². The van der Waals surface area contributed by atoms with Crippen LogP contribution in [0.5, 0.6) is 0 Å². The predicted octanol–water partition coefficient (Wildman–Crippen LogP) is 1.53. The summed E-state index contributed by atoms with van der Waals surface area (Å²) in [5, 5.41) is 12.2. The summed E-state index contributed by atoms with van der Waals surface area (Å²) in [7, 11) is 1.88. The van der Waals surface area contributed by atoms with Crippen molar-refractivity contribution in [2.24, 2.45) is 7.05 Å². The molecule has 2 N–H and O–H groups in total. The molecule has 0 bridgehead atoms. The molecule has 0 saturated heterocycles. The maximum Gasteiger partial charge on any atom is 0.263 e. The Morgan fingerprint density at radius 2 is 2.09 bits per heavy atom. The van der Waals surface area contributed by atoms with Gasteiger partial charge in [0.25, 0.3) is 5.56 Å². The summed E-state index contributed by atoms with van der Waals surface area (Å²) < 4.78 is 3.53. The average molecular weight is 315 g/mol. The molecule has 3 aromatic rings. The van der Waals surface area contributed by atoms with Gasteiger partial charge in [0.15, 0.2) is 5.65 Å². The second kappa shape index (κ2) is 5.22. The third-order valence-electron chi connectivity index (χ3n) is 3.63. The molecular formula is C15H21N7O. The van der Waals surface area contributed by atoms with Gasteiger partial charge >= 0.3 is 0 Å². The van der Waals surface area contributed by atoms with Gasteiger partial charge in [-0.2, -0.15) is 15.2 Å². The normalized spacial score (nSPS) is 12.0. The Morgan fingerprint density at radius 1 is 1.35 bits per heavy atom. The molecule has 0 radical (unpaired) electrons. The third-order valence-corrected chi connectivity index (χ3v) is 3.63. The van der Waals surface area contributed by atoms with Gasteiger partial charge in [-0.05, 0) is 27.7 Å². The molecule has 0 amide bonds. The van der Waals surface area contributed by atoms with Crippen molar-refractivity contribution < 1.29 is 0 Å². The van der Waals surface area contributed by atoms with Gasteiger partial charge in [-0.25, -0.2) is 4.68 Å². The standard InChI is InChI=1S/C15H21N7O/c1-9-10(8-21(5)20-9)6-16-14-18-12-11(13(23)19-14)7-17-22(12)15(2,3)4/h7-8H,6H2,1-5H3,(H2,16,18,19,23). The lowest BCUT2D eigenvalue weighted by Crippen LogP contribution is -2.24. The molecule has 0 aliphatic rings. The Kier molecular flexibility index (Phi) is 3.46. The molecule has 0 spiro atoms. The second-order valence-electron chi connectivity index (χ2n) is 6.65. The van der Waals surface area contributed by atoms with Crippen molar-refractivity contribution in [1.82, 2.24) is 29.5 Å². The average Bonchev–Trinajstić information content (AvgIpc) is 2.99. The van der Waals surface area contributed by atoms with Crippen LogP contribution in [-0.2, 0) is 19.1 Å².